The smallest absolute Gasteiger partial charge is 0.0123 e. The van der Waals surface area contributed by atoms with Gasteiger partial charge in [-0.2, -0.15) is 0 Å². The van der Waals surface area contributed by atoms with Crippen molar-refractivity contribution >= 4 is 5.57 Å². The molecule has 220 valence electrons. The summed E-state index contributed by atoms with van der Waals surface area (Å²) in [7, 11) is 0. The molecule has 0 heterocycles. The molecule has 0 spiro atoms. The highest BCUT2D eigenvalue weighted by molar-refractivity contribution is 5.74. The first kappa shape index (κ1) is 30.3. The third kappa shape index (κ3) is 5.88. The molecule has 1 fully saturated rings. The van der Waals surface area contributed by atoms with E-state index < -0.39 is 0 Å². The van der Waals surface area contributed by atoms with Crippen molar-refractivity contribution in [1.82, 2.24) is 0 Å². The standard InChI is InChI=1S/C42H52/c1-10-14-27(4)39-28(5)21-37-25-36(29(6)40(37)41(39)35-20-19-31(11-2)32(12-3)24-35)23-30-17-18-34(22-30)33-15-13-16-38(26-33)42(7,8)9/h13,15-21,23-24,26,28,39-41H,4,6,10-12,14,22,25H2,1-3,5,7-9H3. The minimum atomic E-state index is 0.155. The normalized spacial score (nSPS) is 24.9. The Morgan fingerprint density at radius 3 is 2.40 bits per heavy atom. The minimum absolute atomic E-state index is 0.155. The molecule has 5 rings (SSSR count). The molecule has 4 atom stereocenters. The second-order valence-electron chi connectivity index (χ2n) is 14.1. The number of fused-ring (bicyclic) bond motifs is 1. The Morgan fingerprint density at radius 2 is 1.71 bits per heavy atom. The maximum atomic E-state index is 4.81. The Morgan fingerprint density at radius 1 is 0.952 bits per heavy atom. The van der Waals surface area contributed by atoms with Crippen LogP contribution in [0, 0.1) is 17.8 Å². The van der Waals surface area contributed by atoms with Crippen LogP contribution in [-0.2, 0) is 18.3 Å². The lowest BCUT2D eigenvalue weighted by Gasteiger charge is -2.42. The number of hydrogen-bond acceptors (Lipinski definition) is 0. The van der Waals surface area contributed by atoms with Crippen molar-refractivity contribution in [2.24, 2.45) is 17.8 Å². The SMILES string of the molecule is C=C1C(=CC2=CC=C(c3cccc(C(C)(C)C)c3)C2)CC2=CC(C)C(C(=C)CCC)C(c3ccc(CC)c(CC)c3)C12. The van der Waals surface area contributed by atoms with Crippen LogP contribution in [0.25, 0.3) is 5.57 Å². The maximum absolute atomic E-state index is 4.81. The van der Waals surface area contributed by atoms with Gasteiger partial charge >= 0.3 is 0 Å². The third-order valence-electron chi connectivity index (χ3n) is 10.1. The summed E-state index contributed by atoms with van der Waals surface area (Å²) in [5, 5.41) is 0. The second kappa shape index (κ2) is 12.2. The summed E-state index contributed by atoms with van der Waals surface area (Å²) in [6, 6.07) is 16.5. The van der Waals surface area contributed by atoms with E-state index in [1.54, 1.807) is 5.57 Å². The average molecular weight is 557 g/mol. The Hall–Kier alpha value is -3.12. The van der Waals surface area contributed by atoms with Crippen LogP contribution in [0.2, 0.25) is 0 Å². The number of allylic oxidation sites excluding steroid dienone is 10. The molecule has 0 bridgehead atoms. The van der Waals surface area contributed by atoms with Gasteiger partial charge in [0.15, 0.2) is 0 Å². The number of benzene rings is 2. The molecule has 0 radical (unpaired) electrons. The van der Waals surface area contributed by atoms with E-state index in [0.29, 0.717) is 23.7 Å². The molecule has 2 aromatic rings. The lowest BCUT2D eigenvalue weighted by atomic mass is 9.62. The van der Waals surface area contributed by atoms with E-state index in [4.69, 9.17) is 6.58 Å². The zero-order valence-electron chi connectivity index (χ0n) is 27.3. The number of hydrogen-bond donors (Lipinski definition) is 0. The molecule has 0 heteroatoms. The molecule has 0 saturated heterocycles. The molecule has 2 aromatic carbocycles. The van der Waals surface area contributed by atoms with Gasteiger partial charge in [0.05, 0.1) is 0 Å². The third-order valence-corrected chi connectivity index (χ3v) is 10.1. The Bertz CT molecular complexity index is 1490. The van der Waals surface area contributed by atoms with E-state index in [1.165, 1.54) is 55.7 Å². The van der Waals surface area contributed by atoms with E-state index in [1.807, 2.05) is 0 Å². The van der Waals surface area contributed by atoms with Crippen molar-refractivity contribution in [3.63, 3.8) is 0 Å². The molecule has 0 amide bonds. The van der Waals surface area contributed by atoms with E-state index in [2.05, 4.69) is 122 Å². The van der Waals surface area contributed by atoms with Gasteiger partial charge in [-0.3, -0.25) is 0 Å². The zero-order valence-corrected chi connectivity index (χ0v) is 27.3. The number of rotatable bonds is 8. The largest absolute Gasteiger partial charge is 0.0995 e. The van der Waals surface area contributed by atoms with Crippen molar-refractivity contribution in [2.75, 3.05) is 0 Å². The summed E-state index contributed by atoms with van der Waals surface area (Å²) in [4.78, 5) is 0. The number of aryl methyl sites for hydroxylation is 2. The van der Waals surface area contributed by atoms with Gasteiger partial charge < -0.3 is 0 Å². The highest BCUT2D eigenvalue weighted by Gasteiger charge is 2.45. The lowest BCUT2D eigenvalue weighted by molar-refractivity contribution is 0.322. The van der Waals surface area contributed by atoms with Gasteiger partial charge in [0.1, 0.15) is 0 Å². The molecule has 0 aliphatic heterocycles. The van der Waals surface area contributed by atoms with Crippen LogP contribution in [0.1, 0.15) is 108 Å². The van der Waals surface area contributed by atoms with Crippen LogP contribution in [0.15, 0.2) is 108 Å². The summed E-state index contributed by atoms with van der Waals surface area (Å²) in [6.07, 6.45) is 16.2. The van der Waals surface area contributed by atoms with Crippen molar-refractivity contribution in [1.29, 1.82) is 0 Å². The van der Waals surface area contributed by atoms with Crippen LogP contribution in [-0.4, -0.2) is 0 Å². The van der Waals surface area contributed by atoms with E-state index in [9.17, 15) is 0 Å². The second-order valence-corrected chi connectivity index (χ2v) is 14.1. The van der Waals surface area contributed by atoms with Gasteiger partial charge in [-0.25, -0.2) is 0 Å². The molecule has 3 aliphatic rings. The molecule has 0 nitrogen and oxygen atoms in total. The van der Waals surface area contributed by atoms with E-state index in [-0.39, 0.29) is 5.41 Å². The maximum Gasteiger partial charge on any atom is 0.0123 e. The van der Waals surface area contributed by atoms with Gasteiger partial charge in [0.25, 0.3) is 0 Å². The first-order chi connectivity index (χ1) is 20.0. The summed E-state index contributed by atoms with van der Waals surface area (Å²) < 4.78 is 0. The minimum Gasteiger partial charge on any atom is -0.0995 e. The van der Waals surface area contributed by atoms with Crippen molar-refractivity contribution in [3.8, 4) is 0 Å². The highest BCUT2D eigenvalue weighted by Crippen LogP contribution is 2.57. The van der Waals surface area contributed by atoms with Gasteiger partial charge in [-0.05, 0) is 99.5 Å². The fraction of sp³-hybridized carbons (Fsp3) is 0.429. The Labute approximate surface area is 256 Å². The van der Waals surface area contributed by atoms with Crippen LogP contribution in [0.3, 0.4) is 0 Å². The van der Waals surface area contributed by atoms with Crippen molar-refractivity contribution in [2.45, 2.75) is 98.3 Å². The van der Waals surface area contributed by atoms with Gasteiger partial charge in [-0.15, -0.1) is 0 Å². The van der Waals surface area contributed by atoms with Gasteiger partial charge in [-0.1, -0.05) is 146 Å². The highest BCUT2D eigenvalue weighted by atomic mass is 14.5. The predicted molar refractivity (Wildman–Crippen MR) is 184 cm³/mol. The fourth-order valence-electron chi connectivity index (χ4n) is 7.89. The Balaban J connectivity index is 1.45. The summed E-state index contributed by atoms with van der Waals surface area (Å²) in [5.74, 6) is 1.69. The first-order valence-corrected chi connectivity index (χ1v) is 16.5. The lowest BCUT2D eigenvalue weighted by Crippen LogP contribution is -2.31. The van der Waals surface area contributed by atoms with Gasteiger partial charge in [0.2, 0.25) is 0 Å². The molecule has 4 unspecified atom stereocenters. The fourth-order valence-corrected chi connectivity index (χ4v) is 7.89. The zero-order chi connectivity index (χ0) is 30.2. The van der Waals surface area contributed by atoms with Crippen LogP contribution in [0.5, 0.6) is 0 Å². The van der Waals surface area contributed by atoms with Gasteiger partial charge in [0, 0.05) is 11.8 Å². The molecule has 1 saturated carbocycles. The quantitative estimate of drug-likeness (QED) is 0.284. The summed E-state index contributed by atoms with van der Waals surface area (Å²) in [5.41, 5.74) is 15.9. The average Bonchev–Trinajstić information content (AvgIpc) is 3.55. The monoisotopic (exact) mass is 556 g/mol. The molecular formula is C42H52. The topological polar surface area (TPSA) is 0 Å². The van der Waals surface area contributed by atoms with Crippen LogP contribution >= 0.6 is 0 Å². The summed E-state index contributed by atoms with van der Waals surface area (Å²) in [6.45, 7) is 25.7. The van der Waals surface area contributed by atoms with E-state index in [0.717, 1.165) is 38.5 Å². The molecule has 42 heavy (non-hydrogen) atoms. The van der Waals surface area contributed by atoms with Crippen molar-refractivity contribution < 1.29 is 0 Å². The summed E-state index contributed by atoms with van der Waals surface area (Å²) >= 11 is 0. The van der Waals surface area contributed by atoms with Crippen LogP contribution < -0.4 is 0 Å². The van der Waals surface area contributed by atoms with Crippen LogP contribution in [0.4, 0.5) is 0 Å². The molecule has 3 aliphatic carbocycles. The molecule has 0 N–H and O–H groups in total. The Kier molecular flexibility index (Phi) is 8.84. The predicted octanol–water partition coefficient (Wildman–Crippen LogP) is 11.7. The first-order valence-electron chi connectivity index (χ1n) is 16.5. The van der Waals surface area contributed by atoms with Crippen molar-refractivity contribution in [3.05, 3.63) is 136 Å². The molecular weight excluding hydrogens is 504 g/mol. The molecule has 0 aromatic heterocycles. The van der Waals surface area contributed by atoms with E-state index >= 15 is 0 Å².